The maximum Gasteiger partial charge on any atom is 0.254 e. The lowest BCUT2D eigenvalue weighted by atomic mass is 10.1. The van der Waals surface area contributed by atoms with E-state index >= 15 is 0 Å². The quantitative estimate of drug-likeness (QED) is 0.780. The zero-order valence-electron chi connectivity index (χ0n) is 15.7. The highest BCUT2D eigenvalue weighted by Crippen LogP contribution is 2.13. The van der Waals surface area contributed by atoms with Crippen molar-refractivity contribution in [1.29, 1.82) is 0 Å². The molecule has 2 aromatic rings. The Kier molecular flexibility index (Phi) is 6.01. The summed E-state index contributed by atoms with van der Waals surface area (Å²) in [5, 5.41) is 5.99. The molecule has 0 aliphatic carbocycles. The summed E-state index contributed by atoms with van der Waals surface area (Å²) in [5.74, 6) is 0.308. The predicted octanol–water partition coefficient (Wildman–Crippen LogP) is 1.87. The van der Waals surface area contributed by atoms with Crippen LogP contribution in [0.5, 0.6) is 0 Å². The number of nitrogens with zero attached hydrogens (tertiary/aromatic N) is 3. The van der Waals surface area contributed by atoms with E-state index < -0.39 is 0 Å². The van der Waals surface area contributed by atoms with Gasteiger partial charge in [-0.25, -0.2) is 9.97 Å². The van der Waals surface area contributed by atoms with Gasteiger partial charge in [0.25, 0.3) is 5.91 Å². The van der Waals surface area contributed by atoms with E-state index in [1.807, 2.05) is 36.9 Å². The van der Waals surface area contributed by atoms with Gasteiger partial charge in [-0.05, 0) is 25.8 Å². The van der Waals surface area contributed by atoms with Crippen molar-refractivity contribution >= 4 is 17.8 Å². The van der Waals surface area contributed by atoms with E-state index in [4.69, 9.17) is 0 Å². The Morgan fingerprint density at radius 1 is 1.22 bits per heavy atom. The third-order valence-electron chi connectivity index (χ3n) is 4.39. The van der Waals surface area contributed by atoms with Gasteiger partial charge in [0, 0.05) is 37.9 Å². The van der Waals surface area contributed by atoms with Crippen LogP contribution in [0.15, 0.2) is 42.7 Å². The number of hydrogen-bond acceptors (Lipinski definition) is 5. The van der Waals surface area contributed by atoms with Gasteiger partial charge in [0.1, 0.15) is 0 Å². The van der Waals surface area contributed by atoms with Gasteiger partial charge in [0.2, 0.25) is 11.9 Å². The van der Waals surface area contributed by atoms with Crippen LogP contribution in [-0.2, 0) is 11.2 Å². The van der Waals surface area contributed by atoms with Crippen LogP contribution >= 0.6 is 0 Å². The average Bonchev–Trinajstić information content (AvgIpc) is 3.00. The summed E-state index contributed by atoms with van der Waals surface area (Å²) in [6, 6.07) is 10.1. The molecule has 2 N–H and O–H groups in total. The SMILES string of the molecule is CC(C)Nc1ncc(C(=O)NC2CC(=O)N(CCc3ccccc3)C2)cn1. The van der Waals surface area contributed by atoms with Crippen molar-refractivity contribution in [2.45, 2.75) is 38.8 Å². The maximum absolute atomic E-state index is 12.4. The molecule has 1 aliphatic rings. The number of benzene rings is 1. The van der Waals surface area contributed by atoms with E-state index in [2.05, 4.69) is 32.7 Å². The Hall–Kier alpha value is -2.96. The second kappa shape index (κ2) is 8.62. The fraction of sp³-hybridized carbons (Fsp3) is 0.400. The van der Waals surface area contributed by atoms with Gasteiger partial charge in [-0.1, -0.05) is 30.3 Å². The molecule has 7 nitrogen and oxygen atoms in total. The Morgan fingerprint density at radius 3 is 2.59 bits per heavy atom. The molecule has 3 rings (SSSR count). The van der Waals surface area contributed by atoms with E-state index in [1.54, 1.807) is 0 Å². The molecule has 27 heavy (non-hydrogen) atoms. The Bertz CT molecular complexity index is 777. The molecule has 0 saturated carbocycles. The number of carbonyl (C=O) groups is 2. The van der Waals surface area contributed by atoms with Gasteiger partial charge in [0.15, 0.2) is 0 Å². The molecule has 142 valence electrons. The third-order valence-corrected chi connectivity index (χ3v) is 4.39. The highest BCUT2D eigenvalue weighted by molar-refractivity contribution is 5.94. The predicted molar refractivity (Wildman–Crippen MR) is 103 cm³/mol. The summed E-state index contributed by atoms with van der Waals surface area (Å²) in [5.41, 5.74) is 1.59. The monoisotopic (exact) mass is 367 g/mol. The summed E-state index contributed by atoms with van der Waals surface area (Å²) in [6.45, 7) is 5.18. The average molecular weight is 367 g/mol. The summed E-state index contributed by atoms with van der Waals surface area (Å²) in [6.07, 6.45) is 4.13. The van der Waals surface area contributed by atoms with Crippen molar-refractivity contribution in [3.05, 3.63) is 53.9 Å². The summed E-state index contributed by atoms with van der Waals surface area (Å²) in [4.78, 5) is 34.7. The van der Waals surface area contributed by atoms with Crippen LogP contribution < -0.4 is 10.6 Å². The fourth-order valence-electron chi connectivity index (χ4n) is 3.04. The molecule has 1 aromatic heterocycles. The molecule has 1 unspecified atom stereocenters. The lowest BCUT2D eigenvalue weighted by Crippen LogP contribution is -2.37. The Labute approximate surface area is 159 Å². The summed E-state index contributed by atoms with van der Waals surface area (Å²) >= 11 is 0. The highest BCUT2D eigenvalue weighted by Gasteiger charge is 2.30. The first-order chi connectivity index (χ1) is 13.0. The molecule has 0 radical (unpaired) electrons. The number of nitrogens with one attached hydrogen (secondary N) is 2. The lowest BCUT2D eigenvalue weighted by Gasteiger charge is -2.17. The molecule has 2 heterocycles. The van der Waals surface area contributed by atoms with E-state index in [1.165, 1.54) is 18.0 Å². The molecule has 1 atom stereocenters. The molecule has 1 saturated heterocycles. The topological polar surface area (TPSA) is 87.2 Å². The standard InChI is InChI=1S/C20H25N5O2/c1-14(2)23-20-21-11-16(12-22-20)19(27)24-17-10-18(26)25(13-17)9-8-15-6-4-3-5-7-15/h3-7,11-12,14,17H,8-10,13H2,1-2H3,(H,24,27)(H,21,22,23). The van der Waals surface area contributed by atoms with E-state index in [0.717, 1.165) is 6.42 Å². The van der Waals surface area contributed by atoms with Crippen molar-refractivity contribution in [2.75, 3.05) is 18.4 Å². The highest BCUT2D eigenvalue weighted by atomic mass is 16.2. The normalized spacial score (nSPS) is 16.6. The maximum atomic E-state index is 12.4. The second-order valence-corrected chi connectivity index (χ2v) is 7.04. The van der Waals surface area contributed by atoms with Crippen LogP contribution in [0.3, 0.4) is 0 Å². The van der Waals surface area contributed by atoms with Gasteiger partial charge in [-0.15, -0.1) is 0 Å². The minimum absolute atomic E-state index is 0.0731. The number of hydrogen-bond donors (Lipinski definition) is 2. The molecular formula is C20H25N5O2. The number of anilines is 1. The van der Waals surface area contributed by atoms with Crippen molar-refractivity contribution in [2.24, 2.45) is 0 Å². The van der Waals surface area contributed by atoms with Crippen LogP contribution in [-0.4, -0.2) is 51.9 Å². The second-order valence-electron chi connectivity index (χ2n) is 7.04. The molecule has 1 aromatic carbocycles. The van der Waals surface area contributed by atoms with Crippen LogP contribution in [0.1, 0.15) is 36.2 Å². The van der Waals surface area contributed by atoms with Gasteiger partial charge >= 0.3 is 0 Å². The Morgan fingerprint density at radius 2 is 1.93 bits per heavy atom. The number of amides is 2. The minimum Gasteiger partial charge on any atom is -0.352 e. The molecule has 2 amide bonds. The van der Waals surface area contributed by atoms with Crippen LogP contribution in [0.2, 0.25) is 0 Å². The molecular weight excluding hydrogens is 342 g/mol. The minimum atomic E-state index is -0.256. The molecule has 1 fully saturated rings. The fourth-order valence-corrected chi connectivity index (χ4v) is 3.04. The Balaban J connectivity index is 1.50. The van der Waals surface area contributed by atoms with E-state index in [-0.39, 0.29) is 23.9 Å². The summed E-state index contributed by atoms with van der Waals surface area (Å²) < 4.78 is 0. The number of carbonyl (C=O) groups excluding carboxylic acids is 2. The van der Waals surface area contributed by atoms with Crippen LogP contribution in [0.25, 0.3) is 0 Å². The van der Waals surface area contributed by atoms with Gasteiger partial charge in [-0.2, -0.15) is 0 Å². The van der Waals surface area contributed by atoms with Crippen molar-refractivity contribution in [1.82, 2.24) is 20.2 Å². The van der Waals surface area contributed by atoms with Crippen molar-refractivity contribution in [3.63, 3.8) is 0 Å². The number of likely N-dealkylation sites (tertiary alicyclic amines) is 1. The number of rotatable bonds is 7. The molecule has 0 bridgehead atoms. The van der Waals surface area contributed by atoms with E-state index in [9.17, 15) is 9.59 Å². The third kappa shape index (κ3) is 5.26. The number of aromatic nitrogens is 2. The smallest absolute Gasteiger partial charge is 0.254 e. The van der Waals surface area contributed by atoms with Crippen molar-refractivity contribution in [3.8, 4) is 0 Å². The first-order valence-electron chi connectivity index (χ1n) is 9.22. The first kappa shape index (κ1) is 18.8. The van der Waals surface area contributed by atoms with Gasteiger partial charge in [0.05, 0.1) is 11.6 Å². The van der Waals surface area contributed by atoms with Gasteiger partial charge in [-0.3, -0.25) is 9.59 Å². The molecule has 1 aliphatic heterocycles. The van der Waals surface area contributed by atoms with Crippen LogP contribution in [0, 0.1) is 0 Å². The van der Waals surface area contributed by atoms with Crippen LogP contribution in [0.4, 0.5) is 5.95 Å². The van der Waals surface area contributed by atoms with E-state index in [0.29, 0.717) is 31.0 Å². The first-order valence-corrected chi connectivity index (χ1v) is 9.22. The molecule has 7 heteroatoms. The lowest BCUT2D eigenvalue weighted by molar-refractivity contribution is -0.127. The van der Waals surface area contributed by atoms with Crippen molar-refractivity contribution < 1.29 is 9.59 Å². The zero-order valence-corrected chi connectivity index (χ0v) is 15.7. The summed E-state index contributed by atoms with van der Waals surface area (Å²) in [7, 11) is 0. The molecule has 0 spiro atoms. The zero-order chi connectivity index (χ0) is 19.2. The largest absolute Gasteiger partial charge is 0.352 e. The van der Waals surface area contributed by atoms with Gasteiger partial charge < -0.3 is 15.5 Å².